The molecule has 0 rings (SSSR count). The molecule has 0 saturated carbocycles. The smallest absolute Gasteiger partial charge is 0.261 e. The van der Waals surface area contributed by atoms with Crippen molar-refractivity contribution >= 4 is 20.2 Å². The summed E-state index contributed by atoms with van der Waals surface area (Å²) in [6.07, 6.45) is 1.15. The first-order valence-electron chi connectivity index (χ1n) is 4.34. The standard InChI is InChI=1S/C5H12O2.2CH4O3S/c1-4(6)3-5(2)7;2*1-5(2,3)4/h4-7H,3H2,1-2H3;2*1H3,(H,2,3,4)/t4-,5-;;/m1../s1. The van der Waals surface area contributed by atoms with Crippen molar-refractivity contribution in [1.29, 1.82) is 0 Å². The Bertz CT molecular complexity index is 301. The maximum Gasteiger partial charge on any atom is 0.261 e. The van der Waals surface area contributed by atoms with Gasteiger partial charge in [-0.05, 0) is 20.3 Å². The molecule has 0 radical (unpaired) electrons. The highest BCUT2D eigenvalue weighted by Crippen LogP contribution is 1.93. The predicted octanol–water partition coefficient (Wildman–Crippen LogP) is -0.854. The molecule has 0 aliphatic rings. The van der Waals surface area contributed by atoms with Crippen molar-refractivity contribution in [2.45, 2.75) is 32.5 Å². The number of hydrogen-bond acceptors (Lipinski definition) is 6. The Morgan fingerprint density at radius 2 is 0.941 bits per heavy atom. The van der Waals surface area contributed by atoms with Crippen molar-refractivity contribution in [2.75, 3.05) is 12.5 Å². The summed E-state index contributed by atoms with van der Waals surface area (Å²) in [6, 6.07) is 0. The molecule has 0 aromatic carbocycles. The lowest BCUT2D eigenvalue weighted by Gasteiger charge is -2.04. The van der Waals surface area contributed by atoms with E-state index in [2.05, 4.69) is 0 Å². The van der Waals surface area contributed by atoms with Crippen molar-refractivity contribution in [3.8, 4) is 0 Å². The summed E-state index contributed by atoms with van der Waals surface area (Å²) in [7, 11) is -7.33. The molecule has 108 valence electrons. The lowest BCUT2D eigenvalue weighted by molar-refractivity contribution is 0.102. The molecule has 17 heavy (non-hydrogen) atoms. The van der Waals surface area contributed by atoms with Gasteiger partial charge >= 0.3 is 0 Å². The summed E-state index contributed by atoms with van der Waals surface area (Å²) < 4.78 is 51.7. The Hall–Kier alpha value is -0.260. The number of rotatable bonds is 2. The van der Waals surface area contributed by atoms with Gasteiger partial charge < -0.3 is 10.2 Å². The molecule has 0 unspecified atom stereocenters. The van der Waals surface area contributed by atoms with Crippen molar-refractivity contribution in [2.24, 2.45) is 0 Å². The van der Waals surface area contributed by atoms with Crippen LogP contribution in [-0.4, -0.2) is 60.9 Å². The Morgan fingerprint density at radius 3 is 0.941 bits per heavy atom. The van der Waals surface area contributed by atoms with E-state index < -0.39 is 20.2 Å². The zero-order chi connectivity index (χ0) is 14.9. The van der Waals surface area contributed by atoms with Crippen molar-refractivity contribution in [3.05, 3.63) is 0 Å². The Morgan fingerprint density at radius 1 is 0.824 bits per heavy atom. The molecular formula is C7H20O8S2. The summed E-state index contributed by atoms with van der Waals surface area (Å²) >= 11 is 0. The fourth-order valence-electron chi connectivity index (χ4n) is 0.494. The molecule has 2 atom stereocenters. The molecule has 0 aliphatic heterocycles. The SMILES string of the molecule is CS(=O)(=O)O.CS(=O)(=O)O.C[C@@H](O)C[C@@H](C)O. The maximum atomic E-state index is 9.19. The zero-order valence-corrected chi connectivity index (χ0v) is 11.7. The third-order valence-electron chi connectivity index (χ3n) is 0.682. The van der Waals surface area contributed by atoms with Gasteiger partial charge in [0, 0.05) is 0 Å². The molecule has 0 fully saturated rings. The highest BCUT2D eigenvalue weighted by Gasteiger charge is 1.98. The lowest BCUT2D eigenvalue weighted by atomic mass is 10.2. The van der Waals surface area contributed by atoms with Crippen LogP contribution in [-0.2, 0) is 20.2 Å². The Kier molecular flexibility index (Phi) is 12.6. The van der Waals surface area contributed by atoms with Gasteiger partial charge in [-0.1, -0.05) is 0 Å². The lowest BCUT2D eigenvalue weighted by Crippen LogP contribution is -2.10. The molecule has 0 spiro atoms. The zero-order valence-electron chi connectivity index (χ0n) is 10.1. The second-order valence-electron chi connectivity index (χ2n) is 3.40. The van der Waals surface area contributed by atoms with E-state index in [1.165, 1.54) is 0 Å². The van der Waals surface area contributed by atoms with Gasteiger partial charge in [-0.15, -0.1) is 0 Å². The van der Waals surface area contributed by atoms with E-state index in [1.807, 2.05) is 0 Å². The van der Waals surface area contributed by atoms with Gasteiger partial charge in [0.2, 0.25) is 0 Å². The summed E-state index contributed by atoms with van der Waals surface area (Å²) in [5.74, 6) is 0. The molecule has 0 aliphatic carbocycles. The summed E-state index contributed by atoms with van der Waals surface area (Å²) in [5.41, 5.74) is 0. The summed E-state index contributed by atoms with van der Waals surface area (Å²) in [6.45, 7) is 3.32. The second kappa shape index (κ2) is 9.74. The van der Waals surface area contributed by atoms with E-state index in [4.69, 9.17) is 19.3 Å². The van der Waals surface area contributed by atoms with Crippen LogP contribution in [0.1, 0.15) is 20.3 Å². The minimum Gasteiger partial charge on any atom is -0.393 e. The van der Waals surface area contributed by atoms with Crippen molar-refractivity contribution < 1.29 is 36.2 Å². The van der Waals surface area contributed by atoms with Crippen LogP contribution in [0, 0.1) is 0 Å². The van der Waals surface area contributed by atoms with Gasteiger partial charge in [0.05, 0.1) is 24.7 Å². The highest BCUT2D eigenvalue weighted by molar-refractivity contribution is 7.85. The monoisotopic (exact) mass is 296 g/mol. The van der Waals surface area contributed by atoms with Crippen molar-refractivity contribution in [1.82, 2.24) is 0 Å². The Balaban J connectivity index is -0.000000177. The Labute approximate surface area is 102 Å². The number of hydrogen-bond donors (Lipinski definition) is 4. The molecule has 0 aromatic rings. The van der Waals surface area contributed by atoms with E-state index in [9.17, 15) is 16.8 Å². The fourth-order valence-corrected chi connectivity index (χ4v) is 0.494. The molecule has 8 nitrogen and oxygen atoms in total. The minimum absolute atomic E-state index is 0.375. The third kappa shape index (κ3) is 212. The van der Waals surface area contributed by atoms with E-state index in [1.54, 1.807) is 13.8 Å². The first-order chi connectivity index (χ1) is 7.13. The third-order valence-corrected chi connectivity index (χ3v) is 0.682. The van der Waals surface area contributed by atoms with Crippen LogP contribution in [0.3, 0.4) is 0 Å². The van der Waals surface area contributed by atoms with E-state index in [-0.39, 0.29) is 12.2 Å². The van der Waals surface area contributed by atoms with Crippen LogP contribution in [0.2, 0.25) is 0 Å². The van der Waals surface area contributed by atoms with Gasteiger partial charge in [-0.3, -0.25) is 9.11 Å². The molecule has 0 bridgehead atoms. The van der Waals surface area contributed by atoms with Crippen LogP contribution < -0.4 is 0 Å². The van der Waals surface area contributed by atoms with Gasteiger partial charge in [-0.25, -0.2) is 0 Å². The van der Waals surface area contributed by atoms with E-state index in [0.717, 1.165) is 0 Å². The maximum absolute atomic E-state index is 9.19. The molecule has 0 heterocycles. The molecular weight excluding hydrogens is 276 g/mol. The van der Waals surface area contributed by atoms with Crippen LogP contribution >= 0.6 is 0 Å². The molecule has 0 amide bonds. The quantitative estimate of drug-likeness (QED) is 0.481. The number of aliphatic hydroxyl groups is 2. The topological polar surface area (TPSA) is 149 Å². The predicted molar refractivity (Wildman–Crippen MR) is 62.9 cm³/mol. The van der Waals surface area contributed by atoms with Crippen LogP contribution in [0.4, 0.5) is 0 Å². The van der Waals surface area contributed by atoms with Crippen LogP contribution in [0.25, 0.3) is 0 Å². The van der Waals surface area contributed by atoms with Crippen LogP contribution in [0.15, 0.2) is 0 Å². The van der Waals surface area contributed by atoms with Gasteiger partial charge in [0.1, 0.15) is 0 Å². The largest absolute Gasteiger partial charge is 0.393 e. The van der Waals surface area contributed by atoms with Crippen molar-refractivity contribution in [3.63, 3.8) is 0 Å². The average Bonchev–Trinajstić information content (AvgIpc) is 1.71. The summed E-state index contributed by atoms with van der Waals surface area (Å²) in [5, 5.41) is 17.1. The first kappa shape index (κ1) is 22.0. The molecule has 0 saturated heterocycles. The molecule has 4 N–H and O–H groups in total. The van der Waals surface area contributed by atoms with Gasteiger partial charge in [0.25, 0.3) is 20.2 Å². The average molecular weight is 296 g/mol. The number of aliphatic hydroxyl groups excluding tert-OH is 2. The summed E-state index contributed by atoms with van der Waals surface area (Å²) in [4.78, 5) is 0. The fraction of sp³-hybridized carbons (Fsp3) is 1.00. The van der Waals surface area contributed by atoms with Gasteiger partial charge in [0.15, 0.2) is 0 Å². The van der Waals surface area contributed by atoms with E-state index >= 15 is 0 Å². The molecule has 0 aromatic heterocycles. The van der Waals surface area contributed by atoms with E-state index in [0.29, 0.717) is 18.9 Å². The second-order valence-corrected chi connectivity index (χ2v) is 6.33. The minimum atomic E-state index is -3.67. The van der Waals surface area contributed by atoms with Crippen LogP contribution in [0.5, 0.6) is 0 Å². The first-order valence-corrected chi connectivity index (χ1v) is 8.03. The van der Waals surface area contributed by atoms with Gasteiger partial charge in [-0.2, -0.15) is 16.8 Å². The molecule has 10 heteroatoms. The highest BCUT2D eigenvalue weighted by atomic mass is 32.2. The normalized spacial score (nSPS) is 14.6.